The molecule has 2 heteroatoms. The monoisotopic (exact) mass is 187 g/mol. The zero-order chi connectivity index (χ0) is 9.80. The smallest absolute Gasteiger partial charge is 0.0927 e. The van der Waals surface area contributed by atoms with Gasteiger partial charge in [0.15, 0.2) is 0 Å². The fourth-order valence-corrected chi connectivity index (χ4v) is 1.44. The Morgan fingerprint density at radius 2 is 1.79 bits per heavy atom. The average Bonchev–Trinajstić information content (AvgIpc) is 2.23. The molecule has 0 amide bonds. The maximum atomic E-state index is 9.18. The van der Waals surface area contributed by atoms with E-state index in [0.29, 0.717) is 5.76 Å². The summed E-state index contributed by atoms with van der Waals surface area (Å²) < 4.78 is 0. The van der Waals surface area contributed by atoms with Crippen molar-refractivity contribution in [1.29, 1.82) is 0 Å². The number of benzene rings is 1. The van der Waals surface area contributed by atoms with Crippen LogP contribution in [0.5, 0.6) is 0 Å². The van der Waals surface area contributed by atoms with Gasteiger partial charge in [-0.1, -0.05) is 18.2 Å². The first kappa shape index (κ1) is 8.88. The molecule has 2 nitrogen and oxygen atoms in total. The van der Waals surface area contributed by atoms with E-state index in [1.165, 1.54) is 0 Å². The van der Waals surface area contributed by atoms with Crippen LogP contribution in [0.4, 0.5) is 5.69 Å². The number of aliphatic hydroxyl groups excluding tert-OH is 1. The molecule has 0 heterocycles. The number of aliphatic hydroxyl groups is 1. The van der Waals surface area contributed by atoms with Crippen molar-refractivity contribution in [1.82, 2.24) is 0 Å². The molecule has 2 rings (SSSR count). The molecule has 1 aliphatic rings. The van der Waals surface area contributed by atoms with E-state index in [9.17, 15) is 5.11 Å². The van der Waals surface area contributed by atoms with E-state index in [1.807, 2.05) is 36.4 Å². The lowest BCUT2D eigenvalue weighted by atomic mass is 10.1. The minimum absolute atomic E-state index is 0.462. The van der Waals surface area contributed by atoms with Crippen molar-refractivity contribution >= 4 is 5.69 Å². The van der Waals surface area contributed by atoms with E-state index in [0.717, 1.165) is 24.2 Å². The van der Waals surface area contributed by atoms with Crippen molar-refractivity contribution in [3.8, 4) is 0 Å². The Hall–Kier alpha value is -1.70. The number of allylic oxidation sites excluding steroid dienone is 4. The molecule has 0 spiro atoms. The van der Waals surface area contributed by atoms with Crippen molar-refractivity contribution in [3.63, 3.8) is 0 Å². The second kappa shape index (κ2) is 4.01. The van der Waals surface area contributed by atoms with Crippen molar-refractivity contribution in [2.24, 2.45) is 0 Å². The standard InChI is InChI=1S/C12H13NO/c14-12-8-6-11(7-9-12)13-10-4-2-1-3-5-10/h1-6,8,13-14H,7,9H2. The Kier molecular flexibility index (Phi) is 2.54. The largest absolute Gasteiger partial charge is 0.512 e. The highest BCUT2D eigenvalue weighted by molar-refractivity contribution is 5.48. The van der Waals surface area contributed by atoms with Crippen LogP contribution in [-0.4, -0.2) is 5.11 Å². The molecule has 72 valence electrons. The maximum absolute atomic E-state index is 9.18. The number of anilines is 1. The van der Waals surface area contributed by atoms with Crippen molar-refractivity contribution < 1.29 is 5.11 Å². The zero-order valence-corrected chi connectivity index (χ0v) is 7.90. The van der Waals surface area contributed by atoms with Crippen LogP contribution in [0.15, 0.2) is 53.9 Å². The molecule has 0 bridgehead atoms. The Morgan fingerprint density at radius 1 is 1.00 bits per heavy atom. The summed E-state index contributed by atoms with van der Waals surface area (Å²) in [5.41, 5.74) is 2.24. The van der Waals surface area contributed by atoms with E-state index in [4.69, 9.17) is 0 Å². The Bertz CT molecular complexity index is 365. The van der Waals surface area contributed by atoms with Gasteiger partial charge in [-0.05, 0) is 30.7 Å². The Morgan fingerprint density at radius 3 is 2.43 bits per heavy atom. The molecule has 2 N–H and O–H groups in total. The quantitative estimate of drug-likeness (QED) is 0.745. The average molecular weight is 187 g/mol. The Balaban J connectivity index is 2.06. The Labute approximate surface area is 83.6 Å². The lowest BCUT2D eigenvalue weighted by Crippen LogP contribution is -2.02. The van der Waals surface area contributed by atoms with E-state index in [2.05, 4.69) is 5.32 Å². The molecule has 1 aromatic rings. The van der Waals surface area contributed by atoms with Crippen molar-refractivity contribution in [2.45, 2.75) is 12.8 Å². The van der Waals surface area contributed by atoms with E-state index in [-0.39, 0.29) is 0 Å². The van der Waals surface area contributed by atoms with E-state index >= 15 is 0 Å². The van der Waals surface area contributed by atoms with Gasteiger partial charge in [0.1, 0.15) is 0 Å². The molecule has 0 saturated carbocycles. The minimum atomic E-state index is 0.462. The summed E-state index contributed by atoms with van der Waals surface area (Å²) in [4.78, 5) is 0. The normalized spacial score (nSPS) is 15.7. The van der Waals surface area contributed by atoms with Crippen LogP contribution in [0, 0.1) is 0 Å². The number of hydrogen-bond acceptors (Lipinski definition) is 2. The maximum Gasteiger partial charge on any atom is 0.0927 e. The summed E-state index contributed by atoms with van der Waals surface area (Å²) >= 11 is 0. The number of nitrogens with one attached hydrogen (secondary N) is 1. The number of rotatable bonds is 2. The first-order chi connectivity index (χ1) is 6.84. The van der Waals surface area contributed by atoms with Gasteiger partial charge >= 0.3 is 0 Å². The first-order valence-corrected chi connectivity index (χ1v) is 4.75. The zero-order valence-electron chi connectivity index (χ0n) is 7.90. The molecular formula is C12H13NO. The summed E-state index contributed by atoms with van der Waals surface area (Å²) in [5.74, 6) is 0.462. The van der Waals surface area contributed by atoms with Gasteiger partial charge in [0, 0.05) is 17.8 Å². The molecule has 0 saturated heterocycles. The summed E-state index contributed by atoms with van der Waals surface area (Å²) in [5, 5.41) is 12.5. The summed E-state index contributed by atoms with van der Waals surface area (Å²) in [6.45, 7) is 0. The third-order valence-electron chi connectivity index (χ3n) is 2.21. The SMILES string of the molecule is OC1=CC=C(Nc2ccccc2)CC1. The molecule has 14 heavy (non-hydrogen) atoms. The molecular weight excluding hydrogens is 174 g/mol. The van der Waals surface area contributed by atoms with Crippen LogP contribution >= 0.6 is 0 Å². The van der Waals surface area contributed by atoms with Crippen LogP contribution < -0.4 is 5.32 Å². The van der Waals surface area contributed by atoms with Gasteiger partial charge in [0.05, 0.1) is 5.76 Å². The predicted octanol–water partition coefficient (Wildman–Crippen LogP) is 3.22. The number of para-hydroxylation sites is 1. The molecule has 0 aliphatic heterocycles. The third kappa shape index (κ3) is 2.16. The molecule has 0 atom stereocenters. The van der Waals surface area contributed by atoms with Crippen LogP contribution in [0.25, 0.3) is 0 Å². The first-order valence-electron chi connectivity index (χ1n) is 4.75. The fourth-order valence-electron chi connectivity index (χ4n) is 1.44. The van der Waals surface area contributed by atoms with Gasteiger partial charge in [-0.25, -0.2) is 0 Å². The fraction of sp³-hybridized carbons (Fsp3) is 0.167. The van der Waals surface area contributed by atoms with Crippen LogP contribution in [0.3, 0.4) is 0 Å². The molecule has 0 fully saturated rings. The molecule has 1 aliphatic carbocycles. The molecule has 1 aromatic carbocycles. The van der Waals surface area contributed by atoms with Crippen LogP contribution in [0.2, 0.25) is 0 Å². The van der Waals surface area contributed by atoms with Gasteiger partial charge in [-0.3, -0.25) is 0 Å². The lowest BCUT2D eigenvalue weighted by molar-refractivity contribution is 0.386. The molecule has 0 aromatic heterocycles. The van der Waals surface area contributed by atoms with Gasteiger partial charge in [-0.2, -0.15) is 0 Å². The van der Waals surface area contributed by atoms with Gasteiger partial charge in [0.2, 0.25) is 0 Å². The van der Waals surface area contributed by atoms with E-state index in [1.54, 1.807) is 6.08 Å². The van der Waals surface area contributed by atoms with Gasteiger partial charge < -0.3 is 10.4 Å². The second-order valence-electron chi connectivity index (χ2n) is 3.34. The number of hydrogen-bond donors (Lipinski definition) is 2. The summed E-state index contributed by atoms with van der Waals surface area (Å²) in [6.07, 6.45) is 5.27. The second-order valence-corrected chi connectivity index (χ2v) is 3.34. The topological polar surface area (TPSA) is 32.3 Å². The highest BCUT2D eigenvalue weighted by atomic mass is 16.3. The van der Waals surface area contributed by atoms with E-state index < -0.39 is 0 Å². The lowest BCUT2D eigenvalue weighted by Gasteiger charge is -2.13. The van der Waals surface area contributed by atoms with Crippen molar-refractivity contribution in [2.75, 3.05) is 5.32 Å². The summed E-state index contributed by atoms with van der Waals surface area (Å²) in [7, 11) is 0. The highest BCUT2D eigenvalue weighted by Crippen LogP contribution is 2.18. The van der Waals surface area contributed by atoms with Crippen LogP contribution in [0.1, 0.15) is 12.8 Å². The summed E-state index contributed by atoms with van der Waals surface area (Å²) in [6, 6.07) is 10.0. The van der Waals surface area contributed by atoms with Crippen LogP contribution in [-0.2, 0) is 0 Å². The minimum Gasteiger partial charge on any atom is -0.512 e. The van der Waals surface area contributed by atoms with Gasteiger partial charge in [-0.15, -0.1) is 0 Å². The predicted molar refractivity (Wildman–Crippen MR) is 58.1 cm³/mol. The molecule has 0 unspecified atom stereocenters. The van der Waals surface area contributed by atoms with Crippen molar-refractivity contribution in [3.05, 3.63) is 53.9 Å². The highest BCUT2D eigenvalue weighted by Gasteiger charge is 2.04. The van der Waals surface area contributed by atoms with Gasteiger partial charge in [0.25, 0.3) is 0 Å². The molecule has 0 radical (unpaired) electrons. The third-order valence-corrected chi connectivity index (χ3v) is 2.21.